The van der Waals surface area contributed by atoms with Gasteiger partial charge in [0.25, 0.3) is 0 Å². The normalized spacial score (nSPS) is 11.6. The second-order valence-corrected chi connectivity index (χ2v) is 8.13. The molecule has 12 heteroatoms. The molecule has 0 saturated carbocycles. The summed E-state index contributed by atoms with van der Waals surface area (Å²) in [6.07, 6.45) is -8.92. The Balaban J connectivity index is 2.53. The maximum atomic E-state index is 13.3. The summed E-state index contributed by atoms with van der Waals surface area (Å²) in [7, 11) is 1.08. The number of nitriles is 1. The first-order valence-electron chi connectivity index (χ1n) is 11.4. The number of ether oxygens (including phenoxy) is 2. The third-order valence-electron chi connectivity index (χ3n) is 5.41. The van der Waals surface area contributed by atoms with E-state index < -0.39 is 36.5 Å². The molecule has 0 aliphatic rings. The summed E-state index contributed by atoms with van der Waals surface area (Å²) in [6, 6.07) is 8.11. The number of unbranched alkanes of at least 4 members (excludes halogenated alkanes) is 1. The summed E-state index contributed by atoms with van der Waals surface area (Å²) in [5.74, 6) is -0.506. The fraction of sp³-hybridized carbons (Fsp3) is 0.440. The van der Waals surface area contributed by atoms with E-state index in [0.717, 1.165) is 43.1 Å². The molecule has 0 fully saturated rings. The van der Waals surface area contributed by atoms with Crippen LogP contribution in [0.25, 0.3) is 0 Å². The van der Waals surface area contributed by atoms with Crippen molar-refractivity contribution < 1.29 is 40.6 Å². The molecule has 2 aromatic rings. The van der Waals surface area contributed by atoms with E-state index >= 15 is 0 Å². The first-order valence-corrected chi connectivity index (χ1v) is 11.4. The Labute approximate surface area is 211 Å². The van der Waals surface area contributed by atoms with Gasteiger partial charge in [-0.25, -0.2) is 4.79 Å². The van der Waals surface area contributed by atoms with E-state index in [0.29, 0.717) is 24.8 Å². The molecular weight excluding hydrogens is 504 g/mol. The van der Waals surface area contributed by atoms with Crippen LogP contribution < -0.4 is 9.64 Å². The minimum Gasteiger partial charge on any atom is -0.453 e. The highest BCUT2D eigenvalue weighted by molar-refractivity contribution is 5.68. The van der Waals surface area contributed by atoms with Crippen LogP contribution in [-0.4, -0.2) is 37.6 Å². The number of nitrogens with zero attached hydrogens (tertiary/aromatic N) is 3. The Hall–Kier alpha value is -3.62. The van der Waals surface area contributed by atoms with Crippen molar-refractivity contribution in [2.24, 2.45) is 0 Å². The van der Waals surface area contributed by atoms with E-state index in [1.807, 2.05) is 18.7 Å². The number of hydrogen-bond donors (Lipinski definition) is 0. The van der Waals surface area contributed by atoms with Crippen molar-refractivity contribution in [2.45, 2.75) is 52.3 Å². The lowest BCUT2D eigenvalue weighted by Gasteiger charge is -2.29. The van der Waals surface area contributed by atoms with Gasteiger partial charge in [0, 0.05) is 25.3 Å². The second kappa shape index (κ2) is 12.6. The van der Waals surface area contributed by atoms with Gasteiger partial charge in [-0.3, -0.25) is 4.90 Å². The molecular formula is C25H27F6N3O3. The Morgan fingerprint density at radius 2 is 1.73 bits per heavy atom. The average molecular weight is 531 g/mol. The highest BCUT2D eigenvalue weighted by atomic mass is 19.4. The number of alkyl halides is 6. The van der Waals surface area contributed by atoms with E-state index in [9.17, 15) is 31.1 Å². The van der Waals surface area contributed by atoms with Crippen molar-refractivity contribution in [3.05, 3.63) is 58.7 Å². The van der Waals surface area contributed by atoms with Gasteiger partial charge >= 0.3 is 18.6 Å². The van der Waals surface area contributed by atoms with Crippen molar-refractivity contribution >= 4 is 11.8 Å². The molecule has 37 heavy (non-hydrogen) atoms. The number of carbonyl (C=O) groups is 1. The number of methoxy groups -OCH3 is 1. The molecule has 202 valence electrons. The zero-order valence-electron chi connectivity index (χ0n) is 20.5. The molecule has 1 amide bonds. The van der Waals surface area contributed by atoms with Crippen molar-refractivity contribution in [1.82, 2.24) is 4.90 Å². The smallest absolute Gasteiger partial charge is 0.453 e. The van der Waals surface area contributed by atoms with Crippen LogP contribution in [0.1, 0.15) is 48.9 Å². The maximum Gasteiger partial charge on any atom is 0.573 e. The van der Waals surface area contributed by atoms with E-state index in [4.69, 9.17) is 10.00 Å². The summed E-state index contributed by atoms with van der Waals surface area (Å²) in [6.45, 7) is 4.27. The van der Waals surface area contributed by atoms with Gasteiger partial charge in [-0.15, -0.1) is 13.2 Å². The quantitative estimate of drug-likeness (QED) is 0.313. The van der Waals surface area contributed by atoms with Gasteiger partial charge in [0.1, 0.15) is 5.75 Å². The largest absolute Gasteiger partial charge is 0.573 e. The lowest BCUT2D eigenvalue weighted by molar-refractivity contribution is -0.274. The summed E-state index contributed by atoms with van der Waals surface area (Å²) < 4.78 is 87.4. The van der Waals surface area contributed by atoms with Gasteiger partial charge in [0.05, 0.1) is 30.9 Å². The van der Waals surface area contributed by atoms with Crippen LogP contribution in [0, 0.1) is 11.3 Å². The van der Waals surface area contributed by atoms with Crippen LogP contribution >= 0.6 is 0 Å². The first-order chi connectivity index (χ1) is 17.3. The zero-order valence-corrected chi connectivity index (χ0v) is 20.5. The molecule has 0 atom stereocenters. The number of anilines is 1. The number of carbonyl (C=O) groups excluding carboxylic acids is 1. The average Bonchev–Trinajstić information content (AvgIpc) is 2.82. The Morgan fingerprint density at radius 1 is 1.03 bits per heavy atom. The topological polar surface area (TPSA) is 65.8 Å². The van der Waals surface area contributed by atoms with Crippen LogP contribution in [0.2, 0.25) is 0 Å². The first kappa shape index (κ1) is 29.6. The third kappa shape index (κ3) is 8.77. The molecule has 0 unspecified atom stereocenters. The van der Waals surface area contributed by atoms with Gasteiger partial charge in [0.2, 0.25) is 0 Å². The fourth-order valence-electron chi connectivity index (χ4n) is 3.74. The minimum atomic E-state index is -4.95. The number of halogens is 6. The molecule has 6 nitrogen and oxygen atoms in total. The molecule has 0 aliphatic carbocycles. The van der Waals surface area contributed by atoms with E-state index in [1.165, 1.54) is 12.1 Å². The van der Waals surface area contributed by atoms with Crippen molar-refractivity contribution in [1.29, 1.82) is 5.26 Å². The van der Waals surface area contributed by atoms with Crippen molar-refractivity contribution in [3.63, 3.8) is 0 Å². The minimum absolute atomic E-state index is 0.000600. The Morgan fingerprint density at radius 3 is 2.27 bits per heavy atom. The molecule has 0 spiro atoms. The molecule has 2 aromatic carbocycles. The van der Waals surface area contributed by atoms with E-state index in [1.54, 1.807) is 6.07 Å². The standard InChI is InChI=1S/C25H27F6N3O3/c1-4-6-9-33(5-2)22-8-7-21(37-25(29,30)31)13-19(22)16-34(23(35)36-3)15-18-10-17(14-32)11-20(12-18)24(26,27)28/h7-8,10-13H,4-6,9,15-16H2,1-3H3. The fourth-order valence-corrected chi connectivity index (χ4v) is 3.74. The van der Waals surface area contributed by atoms with Crippen LogP contribution in [0.4, 0.5) is 36.8 Å². The third-order valence-corrected chi connectivity index (χ3v) is 5.41. The predicted molar refractivity (Wildman–Crippen MR) is 124 cm³/mol. The highest BCUT2D eigenvalue weighted by Gasteiger charge is 2.33. The monoisotopic (exact) mass is 531 g/mol. The predicted octanol–water partition coefficient (Wildman–Crippen LogP) is 6.87. The Kier molecular flexibility index (Phi) is 10.1. The molecule has 0 aromatic heterocycles. The summed E-state index contributed by atoms with van der Waals surface area (Å²) in [5, 5.41) is 9.16. The number of rotatable bonds is 10. The SMILES string of the molecule is CCCCN(CC)c1ccc(OC(F)(F)F)cc1CN(Cc1cc(C#N)cc(C(F)(F)F)c1)C(=O)OC. The van der Waals surface area contributed by atoms with Gasteiger partial charge in [-0.05, 0) is 60.9 Å². The van der Waals surface area contributed by atoms with Crippen LogP contribution in [0.5, 0.6) is 5.75 Å². The molecule has 0 saturated heterocycles. The van der Waals surface area contributed by atoms with Gasteiger partial charge in [-0.2, -0.15) is 18.4 Å². The summed E-state index contributed by atoms with van der Waals surface area (Å²) in [5.41, 5.74) is -0.505. The number of hydrogen-bond acceptors (Lipinski definition) is 5. The molecule has 2 rings (SSSR count). The second-order valence-electron chi connectivity index (χ2n) is 8.13. The van der Waals surface area contributed by atoms with E-state index in [2.05, 4.69) is 4.74 Å². The van der Waals surface area contributed by atoms with Crippen molar-refractivity contribution in [2.75, 3.05) is 25.1 Å². The summed E-state index contributed by atoms with van der Waals surface area (Å²) >= 11 is 0. The number of benzene rings is 2. The summed E-state index contributed by atoms with van der Waals surface area (Å²) in [4.78, 5) is 15.5. The molecule has 0 aliphatic heterocycles. The zero-order chi connectivity index (χ0) is 27.8. The highest BCUT2D eigenvalue weighted by Crippen LogP contribution is 2.33. The number of amides is 1. The van der Waals surface area contributed by atoms with Gasteiger partial charge in [-0.1, -0.05) is 13.3 Å². The van der Waals surface area contributed by atoms with Gasteiger partial charge < -0.3 is 14.4 Å². The van der Waals surface area contributed by atoms with Crippen LogP contribution in [0.15, 0.2) is 36.4 Å². The lowest BCUT2D eigenvalue weighted by atomic mass is 10.0. The molecule has 0 N–H and O–H groups in total. The maximum absolute atomic E-state index is 13.3. The van der Waals surface area contributed by atoms with E-state index in [-0.39, 0.29) is 23.2 Å². The molecule has 0 bridgehead atoms. The van der Waals surface area contributed by atoms with Crippen molar-refractivity contribution in [3.8, 4) is 11.8 Å². The lowest BCUT2D eigenvalue weighted by Crippen LogP contribution is -2.32. The Bertz CT molecular complexity index is 1110. The molecule has 0 radical (unpaired) electrons. The van der Waals surface area contributed by atoms with Gasteiger partial charge in [0.15, 0.2) is 0 Å². The molecule has 0 heterocycles. The van der Waals surface area contributed by atoms with Crippen LogP contribution in [0.3, 0.4) is 0 Å². The van der Waals surface area contributed by atoms with Crippen LogP contribution in [-0.2, 0) is 24.0 Å².